The first kappa shape index (κ1) is 26.8. The molecule has 4 rings (SSSR count). The van der Waals surface area contributed by atoms with Gasteiger partial charge in [-0.15, -0.1) is 22.7 Å². The molecule has 188 valence electrons. The highest BCUT2D eigenvalue weighted by atomic mass is 32.2. The fraction of sp³-hybridized carbons (Fsp3) is 0.300. The number of nitrogens with zero attached hydrogens (tertiary/aromatic N) is 4. The molecule has 0 spiro atoms. The van der Waals surface area contributed by atoms with E-state index in [2.05, 4.69) is 20.6 Å². The monoisotopic (exact) mass is 598 g/mol. The maximum absolute atomic E-state index is 13.0. The molecule has 4 heterocycles. The standard InChI is InChI=1S/C20H18N6O4S6/c1-9-7-33-17(21-9)23-11(27)3-5-25-15(29)13(35-19(25)31)14-16(30)26(20(32)36-14)6-4-12(28)24-18-22-10(2)8-34-18/h7-8H,3-6H2,1-2H3,(H,21,23,27)(H,22,24,28)/b14-13+. The largest absolute Gasteiger partial charge is 0.302 e. The highest BCUT2D eigenvalue weighted by Crippen LogP contribution is 2.42. The van der Waals surface area contributed by atoms with Gasteiger partial charge in [0.1, 0.15) is 8.64 Å². The molecule has 2 N–H and O–H groups in total. The summed E-state index contributed by atoms with van der Waals surface area (Å²) in [5.41, 5.74) is 1.61. The van der Waals surface area contributed by atoms with Gasteiger partial charge in [-0.1, -0.05) is 48.0 Å². The number of aryl methyl sites for hydroxylation is 2. The third-order valence-corrected chi connectivity index (χ3v) is 9.54. The summed E-state index contributed by atoms with van der Waals surface area (Å²) in [4.78, 5) is 61.9. The Balaban J connectivity index is 1.34. The van der Waals surface area contributed by atoms with E-state index in [9.17, 15) is 19.2 Å². The highest BCUT2D eigenvalue weighted by Gasteiger charge is 2.42. The van der Waals surface area contributed by atoms with Crippen LogP contribution < -0.4 is 10.6 Å². The van der Waals surface area contributed by atoms with Crippen LogP contribution in [0.5, 0.6) is 0 Å². The second-order valence-corrected chi connectivity index (χ2v) is 12.5. The molecule has 16 heteroatoms. The third kappa shape index (κ3) is 6.18. The van der Waals surface area contributed by atoms with Gasteiger partial charge in [0, 0.05) is 36.7 Å². The molecule has 2 aromatic rings. The molecular weight excluding hydrogens is 581 g/mol. The summed E-state index contributed by atoms with van der Waals surface area (Å²) < 4.78 is 0.521. The molecule has 0 unspecified atom stereocenters. The summed E-state index contributed by atoms with van der Waals surface area (Å²) in [6.07, 6.45) is 0.0417. The lowest BCUT2D eigenvalue weighted by molar-refractivity contribution is -0.125. The van der Waals surface area contributed by atoms with Crippen molar-refractivity contribution in [2.24, 2.45) is 0 Å². The number of rotatable bonds is 8. The Morgan fingerprint density at radius 1 is 0.806 bits per heavy atom. The number of aromatic nitrogens is 2. The van der Waals surface area contributed by atoms with Crippen molar-refractivity contribution in [2.45, 2.75) is 26.7 Å². The van der Waals surface area contributed by atoms with E-state index in [1.54, 1.807) is 0 Å². The van der Waals surface area contributed by atoms with Gasteiger partial charge in [-0.3, -0.25) is 29.0 Å². The molecule has 0 saturated carbocycles. The summed E-state index contributed by atoms with van der Waals surface area (Å²) in [7, 11) is 0. The van der Waals surface area contributed by atoms with Crippen molar-refractivity contribution in [2.75, 3.05) is 23.7 Å². The number of thioether (sulfide) groups is 2. The van der Waals surface area contributed by atoms with Crippen LogP contribution in [0.25, 0.3) is 0 Å². The Labute approximate surface area is 233 Å². The topological polar surface area (TPSA) is 125 Å². The minimum atomic E-state index is -0.444. The predicted molar refractivity (Wildman–Crippen MR) is 151 cm³/mol. The average Bonchev–Trinajstić information content (AvgIpc) is 3.55. The molecule has 0 aromatic carbocycles. The quantitative estimate of drug-likeness (QED) is 0.345. The van der Waals surface area contributed by atoms with E-state index in [1.165, 1.54) is 32.5 Å². The van der Waals surface area contributed by atoms with E-state index in [-0.39, 0.29) is 56.2 Å². The first-order valence-corrected chi connectivity index (χ1v) is 14.6. The maximum atomic E-state index is 13.0. The van der Waals surface area contributed by atoms with Gasteiger partial charge < -0.3 is 10.6 Å². The summed E-state index contributed by atoms with van der Waals surface area (Å²) in [5, 5.41) is 10.0. The van der Waals surface area contributed by atoms with Crippen molar-refractivity contribution in [3.63, 3.8) is 0 Å². The normalized spacial score (nSPS) is 17.9. The van der Waals surface area contributed by atoms with Crippen LogP contribution >= 0.6 is 70.6 Å². The number of thiocarbonyl (C=S) groups is 2. The lowest BCUT2D eigenvalue weighted by Gasteiger charge is -2.14. The van der Waals surface area contributed by atoms with Gasteiger partial charge in [0.05, 0.1) is 21.2 Å². The van der Waals surface area contributed by atoms with Crippen molar-refractivity contribution in [3.05, 3.63) is 32.0 Å². The lowest BCUT2D eigenvalue weighted by atomic mass is 10.3. The van der Waals surface area contributed by atoms with E-state index in [0.717, 1.165) is 34.9 Å². The van der Waals surface area contributed by atoms with E-state index in [4.69, 9.17) is 24.4 Å². The second kappa shape index (κ2) is 11.4. The smallest absolute Gasteiger partial charge is 0.267 e. The molecule has 0 bridgehead atoms. The van der Waals surface area contributed by atoms with Crippen molar-refractivity contribution in [1.29, 1.82) is 0 Å². The zero-order valence-electron chi connectivity index (χ0n) is 18.9. The number of hydrogen-bond acceptors (Lipinski definition) is 12. The van der Waals surface area contributed by atoms with E-state index in [1.807, 2.05) is 24.6 Å². The van der Waals surface area contributed by atoms with Gasteiger partial charge in [-0.05, 0) is 13.8 Å². The number of thiazole rings is 2. The molecule has 0 atom stereocenters. The zero-order chi connectivity index (χ0) is 26.0. The van der Waals surface area contributed by atoms with Crippen LogP contribution in [0.4, 0.5) is 10.3 Å². The SMILES string of the molecule is Cc1csc(NC(=O)CCN2C(=O)/C(=C3\SC(=S)N(CCC(=O)Nc4nc(C)cs4)C3=O)SC2=S)n1. The van der Waals surface area contributed by atoms with E-state index >= 15 is 0 Å². The fourth-order valence-electron chi connectivity index (χ4n) is 3.07. The average molecular weight is 599 g/mol. The summed E-state index contributed by atoms with van der Waals surface area (Å²) in [6.45, 7) is 3.79. The van der Waals surface area contributed by atoms with E-state index in [0.29, 0.717) is 10.3 Å². The number of hydrogen-bond donors (Lipinski definition) is 2. The first-order chi connectivity index (χ1) is 17.1. The Kier molecular flexibility index (Phi) is 8.52. The van der Waals surface area contributed by atoms with Crippen molar-refractivity contribution < 1.29 is 19.2 Å². The van der Waals surface area contributed by atoms with Gasteiger partial charge in [0.2, 0.25) is 11.8 Å². The molecule has 2 aromatic heterocycles. The summed E-state index contributed by atoms with van der Waals surface area (Å²) >= 11 is 15.3. The number of amides is 4. The molecule has 2 fully saturated rings. The van der Waals surface area contributed by atoms with Crippen LogP contribution in [0.15, 0.2) is 20.6 Å². The number of carbonyl (C=O) groups excluding carboxylic acids is 4. The van der Waals surface area contributed by atoms with Crippen LogP contribution in [-0.4, -0.2) is 65.1 Å². The van der Waals surface area contributed by atoms with Gasteiger partial charge in [0.15, 0.2) is 10.3 Å². The molecule has 0 aliphatic carbocycles. The fourth-order valence-corrected chi connectivity index (χ4v) is 7.25. The van der Waals surface area contributed by atoms with Crippen LogP contribution in [-0.2, 0) is 19.2 Å². The minimum absolute atomic E-state index is 0.0209. The Hall–Kier alpha value is -2.24. The van der Waals surface area contributed by atoms with Gasteiger partial charge in [0.25, 0.3) is 11.8 Å². The molecule has 2 saturated heterocycles. The van der Waals surface area contributed by atoms with Crippen LogP contribution in [0.2, 0.25) is 0 Å². The van der Waals surface area contributed by atoms with Crippen LogP contribution in [0.1, 0.15) is 24.2 Å². The molecule has 4 amide bonds. The highest BCUT2D eigenvalue weighted by molar-refractivity contribution is 8.29. The minimum Gasteiger partial charge on any atom is -0.302 e. The Morgan fingerprint density at radius 3 is 1.53 bits per heavy atom. The van der Waals surface area contributed by atoms with Gasteiger partial charge in [-0.2, -0.15) is 0 Å². The molecular formula is C20H18N6O4S6. The second-order valence-electron chi connectivity index (χ2n) is 7.49. The summed E-state index contributed by atoms with van der Waals surface area (Å²) in [6, 6.07) is 0. The van der Waals surface area contributed by atoms with Gasteiger partial charge in [-0.25, -0.2) is 9.97 Å². The number of carbonyl (C=O) groups is 4. The van der Waals surface area contributed by atoms with Crippen molar-refractivity contribution >= 4 is 113 Å². The molecule has 10 nitrogen and oxygen atoms in total. The number of nitrogens with one attached hydrogen (secondary N) is 2. The van der Waals surface area contributed by atoms with Crippen LogP contribution in [0, 0.1) is 13.8 Å². The van der Waals surface area contributed by atoms with Crippen molar-refractivity contribution in [1.82, 2.24) is 19.8 Å². The predicted octanol–water partition coefficient (Wildman–Crippen LogP) is 3.51. The molecule has 2 aliphatic heterocycles. The Morgan fingerprint density at radius 2 is 1.19 bits per heavy atom. The van der Waals surface area contributed by atoms with Crippen molar-refractivity contribution in [3.8, 4) is 0 Å². The summed E-state index contributed by atoms with van der Waals surface area (Å²) in [5.74, 6) is -1.48. The first-order valence-electron chi connectivity index (χ1n) is 10.4. The zero-order valence-corrected chi connectivity index (χ0v) is 23.8. The maximum Gasteiger partial charge on any atom is 0.267 e. The molecule has 2 aliphatic rings. The molecule has 0 radical (unpaired) electrons. The van der Waals surface area contributed by atoms with E-state index < -0.39 is 11.8 Å². The molecule has 36 heavy (non-hydrogen) atoms. The van der Waals surface area contributed by atoms with Crippen LogP contribution in [0.3, 0.4) is 0 Å². The van der Waals surface area contributed by atoms with Gasteiger partial charge >= 0.3 is 0 Å². The Bertz CT molecular complexity index is 1220. The lowest BCUT2D eigenvalue weighted by Crippen LogP contribution is -2.33. The third-order valence-electron chi connectivity index (χ3n) is 4.76. The number of anilines is 2.